The Labute approximate surface area is 150 Å². The van der Waals surface area contributed by atoms with Gasteiger partial charge in [0.25, 0.3) is 23.2 Å². The maximum atomic E-state index is 12.3. The van der Waals surface area contributed by atoms with E-state index < -0.39 is 34.1 Å². The van der Waals surface area contributed by atoms with E-state index in [2.05, 4.69) is 5.32 Å². The molecule has 1 aliphatic heterocycles. The highest BCUT2D eigenvalue weighted by molar-refractivity contribution is 6.23. The van der Waals surface area contributed by atoms with Gasteiger partial charge >= 0.3 is 0 Å². The van der Waals surface area contributed by atoms with Gasteiger partial charge in [-0.25, -0.2) is 0 Å². The monoisotopic (exact) mass is 370 g/mol. The average molecular weight is 370 g/mol. The molecule has 27 heavy (non-hydrogen) atoms. The molecule has 1 N–H and O–H groups in total. The van der Waals surface area contributed by atoms with E-state index in [1.807, 2.05) is 0 Å². The van der Waals surface area contributed by atoms with Crippen molar-refractivity contribution in [2.45, 2.75) is 0 Å². The van der Waals surface area contributed by atoms with Gasteiger partial charge in [0.05, 0.1) is 21.0 Å². The number of fused-ring (bicyclic) bond motifs is 1. The lowest BCUT2D eigenvalue weighted by Gasteiger charge is -2.13. The molecule has 0 radical (unpaired) electrons. The molecule has 136 valence electrons. The maximum Gasteiger partial charge on any atom is 0.270 e. The lowest BCUT2D eigenvalue weighted by molar-refractivity contribution is -0.385. The van der Waals surface area contributed by atoms with Crippen LogP contribution in [-0.2, 0) is 4.79 Å². The molecule has 2 aromatic carbocycles. The minimum absolute atomic E-state index is 0.0197. The van der Waals surface area contributed by atoms with Gasteiger partial charge in [0.15, 0.2) is 0 Å². The summed E-state index contributed by atoms with van der Waals surface area (Å²) in [5.74, 6) is -2.24. The zero-order valence-electron chi connectivity index (χ0n) is 13.4. The highest BCUT2D eigenvalue weighted by atomic mass is 16.6. The third-order valence-electron chi connectivity index (χ3n) is 3.83. The minimum atomic E-state index is -0.808. The van der Waals surface area contributed by atoms with Crippen LogP contribution in [0.4, 0.5) is 17.1 Å². The highest BCUT2D eigenvalue weighted by Gasteiger charge is 2.37. The predicted molar refractivity (Wildman–Crippen MR) is 90.2 cm³/mol. The van der Waals surface area contributed by atoms with Crippen molar-refractivity contribution in [2.24, 2.45) is 0 Å². The summed E-state index contributed by atoms with van der Waals surface area (Å²) >= 11 is 0. The first kappa shape index (κ1) is 17.7. The van der Waals surface area contributed by atoms with Crippen molar-refractivity contribution in [3.63, 3.8) is 0 Å². The number of nitrogens with zero attached hydrogens (tertiary/aromatic N) is 3. The zero-order chi connectivity index (χ0) is 19.7. The second-order valence-electron chi connectivity index (χ2n) is 5.54. The van der Waals surface area contributed by atoms with Gasteiger partial charge in [0.1, 0.15) is 6.54 Å². The molecule has 11 nitrogen and oxygen atoms in total. The van der Waals surface area contributed by atoms with E-state index in [1.165, 1.54) is 30.3 Å². The number of nitro groups is 2. The molecule has 0 atom stereocenters. The Morgan fingerprint density at radius 3 is 2.04 bits per heavy atom. The van der Waals surface area contributed by atoms with Gasteiger partial charge in [0, 0.05) is 30.0 Å². The Morgan fingerprint density at radius 1 is 0.889 bits per heavy atom. The molecule has 0 fully saturated rings. The largest absolute Gasteiger partial charge is 0.325 e. The number of nitro benzene ring substituents is 2. The molecule has 0 saturated carbocycles. The molecule has 3 amide bonds. The zero-order valence-corrected chi connectivity index (χ0v) is 13.4. The average Bonchev–Trinajstić information content (AvgIpc) is 2.86. The van der Waals surface area contributed by atoms with E-state index >= 15 is 0 Å². The Bertz CT molecular complexity index is 1000. The summed E-state index contributed by atoms with van der Waals surface area (Å²) in [4.78, 5) is 57.5. The van der Waals surface area contributed by atoms with Crippen LogP contribution in [0.15, 0.2) is 42.5 Å². The smallest absolute Gasteiger partial charge is 0.270 e. The van der Waals surface area contributed by atoms with Crippen molar-refractivity contribution < 1.29 is 24.2 Å². The Balaban J connectivity index is 1.73. The molecule has 1 aliphatic rings. The Kier molecular flexibility index (Phi) is 4.34. The van der Waals surface area contributed by atoms with Crippen LogP contribution in [0.2, 0.25) is 0 Å². The van der Waals surface area contributed by atoms with E-state index in [1.54, 1.807) is 0 Å². The SMILES string of the molecule is O=C(CN1C(=O)c2ccc([N+](=O)[O-])cc2C1=O)Nc1ccc([N+](=O)[O-])cc1. The quantitative estimate of drug-likeness (QED) is 0.478. The Hall–Kier alpha value is -4.15. The van der Waals surface area contributed by atoms with Gasteiger partial charge in [-0.2, -0.15) is 0 Å². The van der Waals surface area contributed by atoms with E-state index in [4.69, 9.17) is 0 Å². The number of rotatable bonds is 5. The number of carbonyl (C=O) groups is 3. The molecule has 3 rings (SSSR count). The number of hydrogen-bond acceptors (Lipinski definition) is 7. The van der Waals surface area contributed by atoms with E-state index in [-0.39, 0.29) is 28.2 Å². The molecule has 0 saturated heterocycles. The fourth-order valence-corrected chi connectivity index (χ4v) is 2.55. The summed E-state index contributed by atoms with van der Waals surface area (Å²) in [5.41, 5.74) is -0.411. The molecule has 0 aliphatic carbocycles. The van der Waals surface area contributed by atoms with E-state index in [0.29, 0.717) is 4.90 Å². The van der Waals surface area contributed by atoms with Crippen LogP contribution in [0.25, 0.3) is 0 Å². The molecule has 11 heteroatoms. The minimum Gasteiger partial charge on any atom is -0.325 e. The molecule has 0 spiro atoms. The van der Waals surface area contributed by atoms with Gasteiger partial charge in [0.2, 0.25) is 5.91 Å². The van der Waals surface area contributed by atoms with Crippen LogP contribution in [0.1, 0.15) is 20.7 Å². The van der Waals surface area contributed by atoms with Crippen molar-refractivity contribution in [3.05, 3.63) is 73.8 Å². The highest BCUT2D eigenvalue weighted by Crippen LogP contribution is 2.26. The lowest BCUT2D eigenvalue weighted by Crippen LogP contribution is -2.37. The van der Waals surface area contributed by atoms with Crippen molar-refractivity contribution in [1.82, 2.24) is 4.90 Å². The van der Waals surface area contributed by atoms with Crippen LogP contribution >= 0.6 is 0 Å². The van der Waals surface area contributed by atoms with Gasteiger partial charge in [-0.1, -0.05) is 0 Å². The summed E-state index contributed by atoms with van der Waals surface area (Å²) in [5, 5.41) is 23.8. The number of imide groups is 1. The van der Waals surface area contributed by atoms with Gasteiger partial charge in [-0.3, -0.25) is 39.5 Å². The topological polar surface area (TPSA) is 153 Å². The fraction of sp³-hybridized carbons (Fsp3) is 0.0625. The van der Waals surface area contributed by atoms with Crippen LogP contribution in [-0.4, -0.2) is 39.0 Å². The first-order valence-corrected chi connectivity index (χ1v) is 7.47. The fourth-order valence-electron chi connectivity index (χ4n) is 2.55. The van der Waals surface area contributed by atoms with Gasteiger partial charge < -0.3 is 5.32 Å². The molecular formula is C16H10N4O7. The Morgan fingerprint density at radius 2 is 1.44 bits per heavy atom. The van der Waals surface area contributed by atoms with Crippen LogP contribution in [0.5, 0.6) is 0 Å². The molecular weight excluding hydrogens is 360 g/mol. The number of carbonyl (C=O) groups excluding carboxylic acids is 3. The molecule has 0 unspecified atom stereocenters. The number of non-ortho nitro benzene ring substituents is 2. The number of amides is 3. The summed E-state index contributed by atoms with van der Waals surface area (Å²) in [6.07, 6.45) is 0. The standard InChI is InChI=1S/C16H10N4O7/c21-14(17-9-1-3-10(4-2-9)19(24)25)8-18-15(22)12-6-5-11(20(26)27)7-13(12)16(18)23/h1-7H,8H2,(H,17,21). The molecule has 1 heterocycles. The molecule has 2 aromatic rings. The first-order valence-electron chi connectivity index (χ1n) is 7.47. The third-order valence-corrected chi connectivity index (χ3v) is 3.83. The van der Waals surface area contributed by atoms with Crippen LogP contribution < -0.4 is 5.32 Å². The second kappa shape index (κ2) is 6.63. The summed E-state index contributed by atoms with van der Waals surface area (Å²) < 4.78 is 0. The normalized spacial score (nSPS) is 12.7. The maximum absolute atomic E-state index is 12.3. The number of benzene rings is 2. The van der Waals surface area contributed by atoms with Crippen LogP contribution in [0, 0.1) is 20.2 Å². The number of anilines is 1. The van der Waals surface area contributed by atoms with Gasteiger partial charge in [-0.05, 0) is 18.2 Å². The lowest BCUT2D eigenvalue weighted by atomic mass is 10.1. The van der Waals surface area contributed by atoms with E-state index in [0.717, 1.165) is 12.1 Å². The van der Waals surface area contributed by atoms with Crippen molar-refractivity contribution in [3.8, 4) is 0 Å². The van der Waals surface area contributed by atoms with Crippen molar-refractivity contribution >= 4 is 34.8 Å². The molecule has 0 aromatic heterocycles. The third kappa shape index (κ3) is 3.33. The van der Waals surface area contributed by atoms with Crippen molar-refractivity contribution in [1.29, 1.82) is 0 Å². The van der Waals surface area contributed by atoms with Gasteiger partial charge in [-0.15, -0.1) is 0 Å². The number of hydrogen-bond donors (Lipinski definition) is 1. The predicted octanol–water partition coefficient (Wildman–Crippen LogP) is 1.74. The first-order chi connectivity index (χ1) is 12.8. The number of nitrogens with one attached hydrogen (secondary N) is 1. The summed E-state index contributed by atoms with van der Waals surface area (Å²) in [7, 11) is 0. The molecule has 0 bridgehead atoms. The summed E-state index contributed by atoms with van der Waals surface area (Å²) in [6, 6.07) is 8.26. The summed E-state index contributed by atoms with van der Waals surface area (Å²) in [6.45, 7) is -0.600. The van der Waals surface area contributed by atoms with Crippen LogP contribution in [0.3, 0.4) is 0 Å². The van der Waals surface area contributed by atoms with E-state index in [9.17, 15) is 34.6 Å². The van der Waals surface area contributed by atoms with Crippen molar-refractivity contribution in [2.75, 3.05) is 11.9 Å². The second-order valence-corrected chi connectivity index (χ2v) is 5.54.